The van der Waals surface area contributed by atoms with Crippen molar-refractivity contribution in [2.75, 3.05) is 19.0 Å². The third-order valence-corrected chi connectivity index (χ3v) is 3.27. The predicted molar refractivity (Wildman–Crippen MR) is 68.5 cm³/mol. The molecule has 0 aromatic heterocycles. The molecule has 0 spiro atoms. The molecule has 1 N–H and O–H groups in total. The van der Waals surface area contributed by atoms with Crippen molar-refractivity contribution in [2.45, 2.75) is 39.0 Å². The van der Waals surface area contributed by atoms with E-state index in [-0.39, 0.29) is 0 Å². The molecule has 1 aromatic carbocycles. The van der Waals surface area contributed by atoms with E-state index in [0.717, 1.165) is 12.3 Å². The fourth-order valence-electron chi connectivity index (χ4n) is 2.31. The van der Waals surface area contributed by atoms with Crippen molar-refractivity contribution in [1.82, 2.24) is 0 Å². The molecule has 1 aliphatic rings. The van der Waals surface area contributed by atoms with E-state index in [1.165, 1.54) is 36.1 Å². The van der Waals surface area contributed by atoms with Crippen molar-refractivity contribution >= 4 is 5.69 Å². The van der Waals surface area contributed by atoms with E-state index in [1.54, 1.807) is 7.11 Å². The van der Waals surface area contributed by atoms with Gasteiger partial charge in [-0.05, 0) is 42.4 Å². The molecule has 0 bridgehead atoms. The van der Waals surface area contributed by atoms with E-state index in [0.29, 0.717) is 5.92 Å². The van der Waals surface area contributed by atoms with E-state index in [4.69, 9.17) is 4.74 Å². The summed E-state index contributed by atoms with van der Waals surface area (Å²) in [6.45, 7) is 5.51. The average Bonchev–Trinajstić information content (AvgIpc) is 2.51. The van der Waals surface area contributed by atoms with Crippen molar-refractivity contribution in [3.8, 4) is 5.75 Å². The molecule has 0 atom stereocenters. The van der Waals surface area contributed by atoms with Gasteiger partial charge in [-0.3, -0.25) is 0 Å². The zero-order valence-electron chi connectivity index (χ0n) is 10.5. The fraction of sp³-hybridized carbons (Fsp3) is 0.571. The molecule has 0 radical (unpaired) electrons. The standard InChI is InChI=1S/C14H21NO/c1-10(2)12-8-11-6-4-5-7-15-13(11)9-14(12)16-3/h8-10,15H,4-7H2,1-3H3. The lowest BCUT2D eigenvalue weighted by molar-refractivity contribution is 0.407. The lowest BCUT2D eigenvalue weighted by atomic mass is 9.96. The Morgan fingerprint density at radius 3 is 2.75 bits per heavy atom. The van der Waals surface area contributed by atoms with Gasteiger partial charge in [-0.15, -0.1) is 0 Å². The molecular weight excluding hydrogens is 198 g/mol. The van der Waals surface area contributed by atoms with Gasteiger partial charge < -0.3 is 10.1 Å². The topological polar surface area (TPSA) is 21.3 Å². The van der Waals surface area contributed by atoms with Crippen molar-refractivity contribution in [3.05, 3.63) is 23.3 Å². The van der Waals surface area contributed by atoms with Crippen molar-refractivity contribution in [3.63, 3.8) is 0 Å². The molecule has 16 heavy (non-hydrogen) atoms. The van der Waals surface area contributed by atoms with Crippen LogP contribution in [0, 0.1) is 0 Å². The average molecular weight is 219 g/mol. The third-order valence-electron chi connectivity index (χ3n) is 3.27. The SMILES string of the molecule is COc1cc2c(cc1C(C)C)CCCCN2. The van der Waals surface area contributed by atoms with Gasteiger partial charge >= 0.3 is 0 Å². The number of hydrogen-bond donors (Lipinski definition) is 1. The second-order valence-electron chi connectivity index (χ2n) is 4.79. The second kappa shape index (κ2) is 4.77. The number of ether oxygens (including phenoxy) is 1. The van der Waals surface area contributed by atoms with Crippen molar-refractivity contribution in [2.24, 2.45) is 0 Å². The quantitative estimate of drug-likeness (QED) is 0.821. The first-order valence-electron chi connectivity index (χ1n) is 6.17. The normalized spacial score (nSPS) is 15.2. The van der Waals surface area contributed by atoms with Crippen LogP contribution in [0.15, 0.2) is 12.1 Å². The van der Waals surface area contributed by atoms with Crippen LogP contribution in [0.2, 0.25) is 0 Å². The summed E-state index contributed by atoms with van der Waals surface area (Å²) in [6.07, 6.45) is 3.73. The van der Waals surface area contributed by atoms with Crippen LogP contribution in [0.1, 0.15) is 43.7 Å². The smallest absolute Gasteiger partial charge is 0.124 e. The van der Waals surface area contributed by atoms with Crippen molar-refractivity contribution in [1.29, 1.82) is 0 Å². The van der Waals surface area contributed by atoms with Crippen LogP contribution in [0.5, 0.6) is 5.75 Å². The number of rotatable bonds is 2. The minimum atomic E-state index is 0.517. The number of hydrogen-bond acceptors (Lipinski definition) is 2. The first kappa shape index (κ1) is 11.3. The molecule has 0 aliphatic carbocycles. The Morgan fingerprint density at radius 2 is 2.06 bits per heavy atom. The predicted octanol–water partition coefficient (Wildman–Crippen LogP) is 3.57. The van der Waals surface area contributed by atoms with E-state index in [2.05, 4.69) is 31.3 Å². The van der Waals surface area contributed by atoms with Crippen LogP contribution >= 0.6 is 0 Å². The van der Waals surface area contributed by atoms with Gasteiger partial charge in [0.05, 0.1) is 7.11 Å². The number of nitrogens with one attached hydrogen (secondary N) is 1. The molecule has 0 saturated carbocycles. The zero-order valence-corrected chi connectivity index (χ0v) is 10.5. The lowest BCUT2D eigenvalue weighted by Gasteiger charge is -2.16. The summed E-state index contributed by atoms with van der Waals surface area (Å²) in [7, 11) is 1.75. The minimum absolute atomic E-state index is 0.517. The summed E-state index contributed by atoms with van der Waals surface area (Å²) in [5.41, 5.74) is 4.03. The number of benzene rings is 1. The molecule has 1 heterocycles. The molecule has 0 amide bonds. The van der Waals surface area contributed by atoms with Gasteiger partial charge in [0.15, 0.2) is 0 Å². The Balaban J connectivity index is 2.44. The molecule has 2 nitrogen and oxygen atoms in total. The minimum Gasteiger partial charge on any atom is -0.496 e. The number of methoxy groups -OCH3 is 1. The fourth-order valence-corrected chi connectivity index (χ4v) is 2.31. The van der Waals surface area contributed by atoms with Gasteiger partial charge in [0.2, 0.25) is 0 Å². The Morgan fingerprint density at radius 1 is 1.25 bits per heavy atom. The number of aryl methyl sites for hydroxylation is 1. The van der Waals surface area contributed by atoms with E-state index in [1.807, 2.05) is 0 Å². The Labute approximate surface area is 98.0 Å². The lowest BCUT2D eigenvalue weighted by Crippen LogP contribution is -2.02. The molecule has 0 fully saturated rings. The third kappa shape index (κ3) is 2.16. The highest BCUT2D eigenvalue weighted by atomic mass is 16.5. The highest BCUT2D eigenvalue weighted by molar-refractivity contribution is 5.59. The Bertz CT molecular complexity index is 371. The number of anilines is 1. The Kier molecular flexibility index (Phi) is 3.37. The summed E-state index contributed by atoms with van der Waals surface area (Å²) < 4.78 is 5.47. The summed E-state index contributed by atoms with van der Waals surface area (Å²) in [5.74, 6) is 1.53. The first-order valence-corrected chi connectivity index (χ1v) is 6.17. The largest absolute Gasteiger partial charge is 0.496 e. The maximum Gasteiger partial charge on any atom is 0.124 e. The maximum absolute atomic E-state index is 5.47. The molecule has 2 rings (SSSR count). The second-order valence-corrected chi connectivity index (χ2v) is 4.79. The summed E-state index contributed by atoms with van der Waals surface area (Å²) in [4.78, 5) is 0. The van der Waals surface area contributed by atoms with Gasteiger partial charge in [0, 0.05) is 18.3 Å². The van der Waals surface area contributed by atoms with E-state index < -0.39 is 0 Å². The first-order chi connectivity index (χ1) is 7.72. The summed E-state index contributed by atoms with van der Waals surface area (Å²) in [5, 5.41) is 3.49. The van der Waals surface area contributed by atoms with Gasteiger partial charge in [-0.1, -0.05) is 13.8 Å². The van der Waals surface area contributed by atoms with Crippen LogP contribution in [0.3, 0.4) is 0 Å². The van der Waals surface area contributed by atoms with E-state index >= 15 is 0 Å². The molecule has 2 heteroatoms. The van der Waals surface area contributed by atoms with Gasteiger partial charge in [-0.25, -0.2) is 0 Å². The van der Waals surface area contributed by atoms with Crippen molar-refractivity contribution < 1.29 is 4.74 Å². The summed E-state index contributed by atoms with van der Waals surface area (Å²) in [6, 6.07) is 4.48. The monoisotopic (exact) mass is 219 g/mol. The van der Waals surface area contributed by atoms with E-state index in [9.17, 15) is 0 Å². The Hall–Kier alpha value is -1.18. The molecule has 0 saturated heterocycles. The van der Waals surface area contributed by atoms with Gasteiger partial charge in [0.1, 0.15) is 5.75 Å². The number of fused-ring (bicyclic) bond motifs is 1. The van der Waals surface area contributed by atoms with Gasteiger partial charge in [-0.2, -0.15) is 0 Å². The zero-order chi connectivity index (χ0) is 11.5. The highest BCUT2D eigenvalue weighted by Crippen LogP contribution is 2.34. The van der Waals surface area contributed by atoms with Crippen LogP contribution in [0.25, 0.3) is 0 Å². The molecule has 88 valence electrons. The molecule has 1 aliphatic heterocycles. The molecule has 1 aromatic rings. The maximum atomic E-state index is 5.47. The van der Waals surface area contributed by atoms with Crippen LogP contribution in [-0.2, 0) is 6.42 Å². The van der Waals surface area contributed by atoms with Gasteiger partial charge in [0.25, 0.3) is 0 Å². The van der Waals surface area contributed by atoms with Crippen LogP contribution < -0.4 is 10.1 Å². The molecule has 0 unspecified atom stereocenters. The highest BCUT2D eigenvalue weighted by Gasteiger charge is 2.14. The summed E-state index contributed by atoms with van der Waals surface area (Å²) >= 11 is 0. The van der Waals surface area contributed by atoms with Crippen LogP contribution in [0.4, 0.5) is 5.69 Å². The van der Waals surface area contributed by atoms with Crippen LogP contribution in [-0.4, -0.2) is 13.7 Å². The molecular formula is C14H21NO.